The van der Waals surface area contributed by atoms with E-state index in [-0.39, 0.29) is 18.3 Å². The van der Waals surface area contributed by atoms with Gasteiger partial charge in [-0.05, 0) is 40.0 Å². The predicted octanol–water partition coefficient (Wildman–Crippen LogP) is 4.61. The van der Waals surface area contributed by atoms with Crippen LogP contribution in [0.3, 0.4) is 0 Å². The minimum Gasteiger partial charge on any atom is -0.371 e. The van der Waals surface area contributed by atoms with Crippen LogP contribution in [0, 0.1) is 0 Å². The topological polar surface area (TPSA) is 27.7 Å². The van der Waals surface area contributed by atoms with E-state index in [1.54, 1.807) is 0 Å². The first-order valence-corrected chi connectivity index (χ1v) is 9.98. The van der Waals surface area contributed by atoms with Crippen molar-refractivity contribution in [3.63, 3.8) is 0 Å². The Morgan fingerprint density at radius 3 is 1.32 bits per heavy atom. The molecule has 0 saturated heterocycles. The van der Waals surface area contributed by atoms with Crippen LogP contribution in [0.15, 0.2) is 0 Å². The Morgan fingerprint density at radius 1 is 0.789 bits per heavy atom. The molecule has 0 heterocycles. The molecule has 0 radical (unpaired) electrons. The molecule has 0 aromatic heterocycles. The second-order valence-electron chi connectivity index (χ2n) is 5.13. The molecule has 0 spiro atoms. The van der Waals surface area contributed by atoms with E-state index in [1.165, 1.54) is 0 Å². The Bertz CT molecular complexity index is 197. The van der Waals surface area contributed by atoms with Crippen molar-refractivity contribution in [2.24, 2.45) is 0 Å². The molecule has 0 aliphatic rings. The first-order valence-electron chi connectivity index (χ1n) is 7.52. The summed E-state index contributed by atoms with van der Waals surface area (Å²) in [5.74, 6) is 0.509. The van der Waals surface area contributed by atoms with E-state index in [4.69, 9.17) is 24.9 Å². The van der Waals surface area contributed by atoms with Crippen molar-refractivity contribution in [1.29, 1.82) is 0 Å². The Hall–Kier alpha value is 0.387. The average molecular weight is 311 g/mol. The average Bonchev–Trinajstić information content (AvgIpc) is 2.38. The molecule has 0 aromatic rings. The molecule has 19 heavy (non-hydrogen) atoms. The van der Waals surface area contributed by atoms with Gasteiger partial charge in [-0.15, -0.1) is 11.6 Å². The molecule has 0 N–H and O–H groups in total. The molecule has 0 fully saturated rings. The van der Waals surface area contributed by atoms with Crippen LogP contribution in [-0.4, -0.2) is 33.0 Å². The van der Waals surface area contributed by atoms with Crippen LogP contribution < -0.4 is 0 Å². The molecular weight excluding hydrogens is 280 g/mol. The maximum atomic E-state index is 6.18. The van der Waals surface area contributed by atoms with Crippen molar-refractivity contribution in [2.45, 2.75) is 85.2 Å². The van der Waals surface area contributed by atoms with Gasteiger partial charge in [0.1, 0.15) is 0 Å². The van der Waals surface area contributed by atoms with Gasteiger partial charge >= 0.3 is 8.80 Å². The molecule has 0 aromatic carbocycles. The van der Waals surface area contributed by atoms with Crippen molar-refractivity contribution in [3.8, 4) is 0 Å². The zero-order chi connectivity index (χ0) is 14.9. The maximum Gasteiger partial charge on any atom is 0.502 e. The van der Waals surface area contributed by atoms with Crippen LogP contribution in [-0.2, 0) is 13.3 Å². The van der Waals surface area contributed by atoms with Gasteiger partial charge in [0, 0.05) is 30.2 Å². The van der Waals surface area contributed by atoms with Crippen molar-refractivity contribution in [2.75, 3.05) is 5.88 Å². The summed E-state index contributed by atoms with van der Waals surface area (Å²) in [5.41, 5.74) is 0. The first-order chi connectivity index (χ1) is 8.92. The molecular formula is C14H31ClO3Si. The molecule has 0 bridgehead atoms. The van der Waals surface area contributed by atoms with E-state index >= 15 is 0 Å². The summed E-state index contributed by atoms with van der Waals surface area (Å²) in [4.78, 5) is 0. The monoisotopic (exact) mass is 310 g/mol. The third kappa shape index (κ3) is 7.66. The SMILES string of the molecule is CCC(C)O[Si](CCCl)(OC(C)CC)OC(C)CC. The van der Waals surface area contributed by atoms with Crippen molar-refractivity contribution in [3.05, 3.63) is 0 Å². The highest BCUT2D eigenvalue weighted by molar-refractivity contribution is 6.61. The first kappa shape index (κ1) is 19.4. The van der Waals surface area contributed by atoms with Crippen molar-refractivity contribution in [1.82, 2.24) is 0 Å². The van der Waals surface area contributed by atoms with Crippen LogP contribution in [0.2, 0.25) is 6.04 Å². The molecule has 0 aliphatic carbocycles. The number of rotatable bonds is 11. The Labute approximate surface area is 125 Å². The van der Waals surface area contributed by atoms with Gasteiger partial charge in [-0.3, -0.25) is 0 Å². The van der Waals surface area contributed by atoms with Crippen LogP contribution in [0.4, 0.5) is 0 Å². The summed E-state index contributed by atoms with van der Waals surface area (Å²) in [7, 11) is -2.68. The predicted molar refractivity (Wildman–Crippen MR) is 83.8 cm³/mol. The highest BCUT2D eigenvalue weighted by Crippen LogP contribution is 2.24. The standard InChI is InChI=1S/C14H31ClO3Si/c1-7-12(4)16-19(11-10-15,17-13(5)8-2)18-14(6)9-3/h12-14H,7-11H2,1-6H3. The van der Waals surface area contributed by atoms with Crippen LogP contribution in [0.25, 0.3) is 0 Å². The Morgan fingerprint density at radius 2 is 1.11 bits per heavy atom. The van der Waals surface area contributed by atoms with Gasteiger partial charge in [0.25, 0.3) is 0 Å². The summed E-state index contributed by atoms with van der Waals surface area (Å²) in [6, 6.07) is 0.674. The highest BCUT2D eigenvalue weighted by atomic mass is 35.5. The minimum absolute atomic E-state index is 0.142. The zero-order valence-electron chi connectivity index (χ0n) is 13.4. The summed E-state index contributed by atoms with van der Waals surface area (Å²) < 4.78 is 18.5. The maximum absolute atomic E-state index is 6.18. The lowest BCUT2D eigenvalue weighted by molar-refractivity contribution is -0.00968. The molecule has 3 nitrogen and oxygen atoms in total. The lowest BCUT2D eigenvalue weighted by Gasteiger charge is -2.35. The van der Waals surface area contributed by atoms with Gasteiger partial charge in [0.2, 0.25) is 0 Å². The van der Waals surface area contributed by atoms with Gasteiger partial charge in [-0.2, -0.15) is 0 Å². The highest BCUT2D eigenvalue weighted by Gasteiger charge is 2.44. The normalized spacial score (nSPS) is 19.7. The fourth-order valence-electron chi connectivity index (χ4n) is 1.55. The lowest BCUT2D eigenvalue weighted by Crippen LogP contribution is -2.51. The fourth-order valence-corrected chi connectivity index (χ4v) is 5.33. The third-order valence-electron chi connectivity index (χ3n) is 3.27. The van der Waals surface area contributed by atoms with Gasteiger partial charge in [0.05, 0.1) is 0 Å². The largest absolute Gasteiger partial charge is 0.502 e. The molecule has 116 valence electrons. The van der Waals surface area contributed by atoms with E-state index in [2.05, 4.69) is 41.5 Å². The van der Waals surface area contributed by atoms with Crippen LogP contribution in [0.5, 0.6) is 0 Å². The molecule has 0 amide bonds. The van der Waals surface area contributed by atoms with E-state index in [0.717, 1.165) is 19.3 Å². The van der Waals surface area contributed by atoms with Gasteiger partial charge in [0.15, 0.2) is 0 Å². The summed E-state index contributed by atoms with van der Waals surface area (Å²) >= 11 is 5.96. The summed E-state index contributed by atoms with van der Waals surface area (Å²) in [5, 5.41) is 0. The number of alkyl halides is 1. The third-order valence-corrected chi connectivity index (χ3v) is 6.92. The van der Waals surface area contributed by atoms with E-state index in [0.29, 0.717) is 11.9 Å². The smallest absolute Gasteiger partial charge is 0.371 e. The van der Waals surface area contributed by atoms with Crippen molar-refractivity contribution < 1.29 is 13.3 Å². The van der Waals surface area contributed by atoms with E-state index in [1.807, 2.05) is 0 Å². The zero-order valence-corrected chi connectivity index (χ0v) is 15.1. The molecule has 5 heteroatoms. The van der Waals surface area contributed by atoms with Crippen LogP contribution >= 0.6 is 11.6 Å². The molecule has 0 rings (SSSR count). The van der Waals surface area contributed by atoms with Crippen molar-refractivity contribution >= 4 is 20.4 Å². The molecule has 0 aliphatic heterocycles. The number of halogens is 1. The molecule has 0 saturated carbocycles. The number of hydrogen-bond acceptors (Lipinski definition) is 3. The quantitative estimate of drug-likeness (QED) is 0.412. The second kappa shape index (κ2) is 10.2. The Balaban J connectivity index is 4.96. The van der Waals surface area contributed by atoms with E-state index in [9.17, 15) is 0 Å². The molecule has 3 unspecified atom stereocenters. The number of hydrogen-bond donors (Lipinski definition) is 0. The van der Waals surface area contributed by atoms with Gasteiger partial charge in [-0.1, -0.05) is 20.8 Å². The fraction of sp³-hybridized carbons (Fsp3) is 1.00. The molecule has 3 atom stereocenters. The van der Waals surface area contributed by atoms with E-state index < -0.39 is 8.80 Å². The minimum atomic E-state index is -2.68. The van der Waals surface area contributed by atoms with Gasteiger partial charge < -0.3 is 13.3 Å². The van der Waals surface area contributed by atoms with Gasteiger partial charge in [-0.25, -0.2) is 0 Å². The summed E-state index contributed by atoms with van der Waals surface area (Å²) in [6.45, 7) is 12.5. The lowest BCUT2D eigenvalue weighted by atomic mass is 10.3. The summed E-state index contributed by atoms with van der Waals surface area (Å²) in [6.07, 6.45) is 3.27. The second-order valence-corrected chi connectivity index (χ2v) is 8.08. The van der Waals surface area contributed by atoms with Crippen LogP contribution in [0.1, 0.15) is 60.8 Å². The Kier molecular flexibility index (Phi) is 10.4.